The number of nitrogens with zero attached hydrogens (tertiary/aromatic N) is 5. The summed E-state index contributed by atoms with van der Waals surface area (Å²) >= 11 is 0. The summed E-state index contributed by atoms with van der Waals surface area (Å²) in [6.45, 7) is 17.0. The van der Waals surface area contributed by atoms with Gasteiger partial charge < -0.3 is 48.5 Å². The summed E-state index contributed by atoms with van der Waals surface area (Å²) < 4.78 is 30.1. The lowest BCUT2D eigenvalue weighted by Crippen LogP contribution is -2.53. The fourth-order valence-electron chi connectivity index (χ4n) is 9.85. The van der Waals surface area contributed by atoms with E-state index >= 15 is 0 Å². The van der Waals surface area contributed by atoms with Gasteiger partial charge in [-0.1, -0.05) is 57.1 Å². The van der Waals surface area contributed by atoms with Crippen molar-refractivity contribution in [2.75, 3.05) is 32.7 Å². The predicted octanol–water partition coefficient (Wildman–Crippen LogP) is 8.52. The first kappa shape index (κ1) is 49.3. The lowest BCUT2D eigenvalue weighted by molar-refractivity contribution is -0.173. The maximum atomic E-state index is 14.4. The molecule has 376 valence electrons. The minimum Gasteiger partial charge on any atom is -0.508 e. The van der Waals surface area contributed by atoms with Crippen LogP contribution < -0.4 is 15.6 Å². The van der Waals surface area contributed by atoms with Gasteiger partial charge in [-0.25, -0.2) is 19.4 Å². The van der Waals surface area contributed by atoms with E-state index in [0.717, 1.165) is 22.1 Å². The summed E-state index contributed by atoms with van der Waals surface area (Å²) in [6, 6.07) is 17.3. The number of fused-ring (bicyclic) bond motifs is 5. The number of carbonyl (C=O) groups excluding carboxylic acids is 4. The third kappa shape index (κ3) is 8.99. The zero-order chi connectivity index (χ0) is 51.4. The molecule has 3 N–H and O–H groups in total. The molecule has 0 aliphatic carbocycles. The van der Waals surface area contributed by atoms with E-state index in [9.17, 15) is 34.2 Å². The Morgan fingerprint density at radius 3 is 2.32 bits per heavy atom. The predicted molar refractivity (Wildman–Crippen MR) is 265 cm³/mol. The van der Waals surface area contributed by atoms with E-state index < -0.39 is 35.3 Å². The number of amides is 2. The molecule has 18 nitrogen and oxygen atoms in total. The van der Waals surface area contributed by atoms with Gasteiger partial charge in [-0.05, 0) is 99.0 Å². The highest BCUT2D eigenvalue weighted by molar-refractivity contribution is 6.02. The SMILES string of the molecule is CCNC(=O)c1noc(-c2cc(C(C)C)c(O)cc2O)c1-c1ccc(CN2CCN(C(=O)OC3(CC)C(=O)OCc4c3cc3n(c4=O)Cc4c-3nc3ccc(OC(=O)OC(C)(C)C)cc3c4CC)CC2)cc1. The maximum Gasteiger partial charge on any atom is 0.514 e. The van der Waals surface area contributed by atoms with E-state index in [1.54, 1.807) is 74.4 Å². The smallest absolute Gasteiger partial charge is 0.508 e. The fraction of sp³-hybridized carbons (Fsp3) is 0.389. The van der Waals surface area contributed by atoms with Crippen molar-refractivity contribution in [1.82, 2.24) is 29.8 Å². The Morgan fingerprint density at radius 2 is 1.65 bits per heavy atom. The van der Waals surface area contributed by atoms with Crippen LogP contribution in [0.1, 0.15) is 112 Å². The molecule has 6 heterocycles. The van der Waals surface area contributed by atoms with E-state index in [1.807, 2.05) is 45.0 Å². The fourth-order valence-corrected chi connectivity index (χ4v) is 9.85. The zero-order valence-electron chi connectivity index (χ0n) is 41.6. The van der Waals surface area contributed by atoms with Gasteiger partial charge in [0.2, 0.25) is 5.60 Å². The largest absolute Gasteiger partial charge is 0.514 e. The maximum absolute atomic E-state index is 14.4. The summed E-state index contributed by atoms with van der Waals surface area (Å²) in [4.78, 5) is 76.8. The molecule has 0 bridgehead atoms. The Balaban J connectivity index is 0.917. The van der Waals surface area contributed by atoms with Crippen LogP contribution in [0.5, 0.6) is 17.2 Å². The van der Waals surface area contributed by atoms with Crippen LogP contribution >= 0.6 is 0 Å². The molecule has 1 saturated heterocycles. The lowest BCUT2D eigenvalue weighted by atomic mass is 9.85. The first-order chi connectivity index (χ1) is 34.3. The number of esters is 1. The van der Waals surface area contributed by atoms with Crippen LogP contribution in [0.25, 0.3) is 44.7 Å². The van der Waals surface area contributed by atoms with Gasteiger partial charge in [0.1, 0.15) is 29.5 Å². The number of aromatic hydroxyl groups is 2. The van der Waals surface area contributed by atoms with Crippen molar-refractivity contribution in [2.45, 2.75) is 105 Å². The number of rotatable bonds is 11. The van der Waals surface area contributed by atoms with Crippen molar-refractivity contribution >= 4 is 35.0 Å². The van der Waals surface area contributed by atoms with Crippen LogP contribution in [0.2, 0.25) is 0 Å². The summed E-state index contributed by atoms with van der Waals surface area (Å²) in [5.41, 5.74) is 3.85. The van der Waals surface area contributed by atoms with Crippen LogP contribution in [-0.2, 0) is 50.7 Å². The number of hydrogen-bond acceptors (Lipinski definition) is 15. The zero-order valence-corrected chi connectivity index (χ0v) is 41.6. The number of nitrogens with one attached hydrogen (secondary N) is 1. The molecular weight excluding hydrogens is 925 g/mol. The third-order valence-electron chi connectivity index (χ3n) is 13.5. The van der Waals surface area contributed by atoms with Crippen molar-refractivity contribution in [1.29, 1.82) is 0 Å². The minimum atomic E-state index is -1.89. The van der Waals surface area contributed by atoms with Crippen LogP contribution in [0.3, 0.4) is 0 Å². The molecule has 18 heteroatoms. The Kier molecular flexibility index (Phi) is 13.1. The quantitative estimate of drug-likeness (QED) is 0.0627. The second kappa shape index (κ2) is 19.1. The molecule has 3 aromatic carbocycles. The number of phenolic OH excluding ortho intramolecular Hbond substituents is 2. The van der Waals surface area contributed by atoms with Crippen molar-refractivity contribution < 1.29 is 52.9 Å². The Bertz CT molecular complexity index is 3220. The Morgan fingerprint density at radius 1 is 0.917 bits per heavy atom. The number of pyridine rings is 2. The molecule has 1 unspecified atom stereocenters. The number of aromatic nitrogens is 3. The standard InChI is InChI=1S/C54H58N6O12/c1-9-33-35-22-32(69-52(67)71-53(6,7)8)16-17-40(35)56-45-37(33)27-60-41(45)24-39-38(49(60)64)28-68-50(65)54(39,10-2)70-51(66)59-20-18-58(19-21-59)26-30-12-14-31(15-13-30)44-46(48(63)55-11-3)57-72-47(44)36-23-34(29(4)5)42(61)25-43(36)62/h12-17,22-25,29,61-62H,9-11,18-21,26-28H2,1-8H3,(H,55,63). The third-order valence-corrected chi connectivity index (χ3v) is 13.5. The number of hydrogen-bond donors (Lipinski definition) is 3. The highest BCUT2D eigenvalue weighted by atomic mass is 16.7. The number of phenols is 2. The van der Waals surface area contributed by atoms with Gasteiger partial charge in [-0.2, -0.15) is 0 Å². The Labute approximate surface area is 415 Å². The van der Waals surface area contributed by atoms with Crippen molar-refractivity contribution in [3.05, 3.63) is 110 Å². The normalized spacial score (nSPS) is 16.5. The number of piperazine rings is 1. The molecule has 9 rings (SSSR count). The van der Waals surface area contributed by atoms with Gasteiger partial charge in [0.05, 0.1) is 40.1 Å². The van der Waals surface area contributed by atoms with Gasteiger partial charge in [-0.15, -0.1) is 0 Å². The lowest BCUT2D eigenvalue weighted by Gasteiger charge is -2.39. The summed E-state index contributed by atoms with van der Waals surface area (Å²) in [5, 5.41) is 29.1. The van der Waals surface area contributed by atoms with Crippen molar-refractivity contribution in [3.8, 4) is 51.1 Å². The number of ether oxygens (including phenoxy) is 4. The van der Waals surface area contributed by atoms with Gasteiger partial charge in [0, 0.05) is 61.8 Å². The number of carbonyl (C=O) groups is 4. The highest BCUT2D eigenvalue weighted by Gasteiger charge is 2.51. The second-order valence-electron chi connectivity index (χ2n) is 19.6. The topological polar surface area (TPSA) is 225 Å². The first-order valence-electron chi connectivity index (χ1n) is 24.3. The van der Waals surface area contributed by atoms with Gasteiger partial charge in [0.25, 0.3) is 11.5 Å². The van der Waals surface area contributed by atoms with E-state index in [-0.39, 0.29) is 70.7 Å². The molecule has 0 radical (unpaired) electrons. The minimum absolute atomic E-state index is 0.0122. The summed E-state index contributed by atoms with van der Waals surface area (Å²) in [7, 11) is 0. The van der Waals surface area contributed by atoms with Crippen LogP contribution in [0, 0.1) is 0 Å². The van der Waals surface area contributed by atoms with E-state index in [1.165, 1.54) is 6.07 Å². The van der Waals surface area contributed by atoms with E-state index in [0.29, 0.717) is 85.0 Å². The average molecular weight is 983 g/mol. The Hall–Kier alpha value is -7.73. The van der Waals surface area contributed by atoms with Gasteiger partial charge in [-0.3, -0.25) is 14.5 Å². The van der Waals surface area contributed by atoms with Gasteiger partial charge in [0.15, 0.2) is 11.5 Å². The second-order valence-corrected chi connectivity index (χ2v) is 19.6. The number of aryl methyl sites for hydroxylation is 1. The summed E-state index contributed by atoms with van der Waals surface area (Å²) in [6.07, 6.45) is -0.942. The van der Waals surface area contributed by atoms with E-state index in [4.69, 9.17) is 28.5 Å². The van der Waals surface area contributed by atoms with Crippen LogP contribution in [0.4, 0.5) is 9.59 Å². The van der Waals surface area contributed by atoms with Crippen LogP contribution in [-0.4, -0.2) is 97.2 Å². The number of benzene rings is 3. The van der Waals surface area contributed by atoms with Crippen molar-refractivity contribution in [2.24, 2.45) is 0 Å². The molecule has 1 fully saturated rings. The summed E-state index contributed by atoms with van der Waals surface area (Å²) in [5.74, 6) is -1.07. The molecule has 72 heavy (non-hydrogen) atoms. The highest BCUT2D eigenvalue weighted by Crippen LogP contribution is 2.45. The van der Waals surface area contributed by atoms with Crippen molar-refractivity contribution in [3.63, 3.8) is 0 Å². The molecule has 3 aromatic heterocycles. The first-order valence-corrected chi connectivity index (χ1v) is 24.3. The molecule has 0 saturated carbocycles. The molecule has 1 atom stereocenters. The monoisotopic (exact) mass is 982 g/mol. The number of cyclic esters (lactones) is 1. The molecular formula is C54H58N6O12. The van der Waals surface area contributed by atoms with Gasteiger partial charge >= 0.3 is 18.2 Å². The molecule has 0 spiro atoms. The molecule has 2 amide bonds. The molecule has 3 aliphatic heterocycles. The van der Waals surface area contributed by atoms with Crippen LogP contribution in [0.15, 0.2) is 70.0 Å². The molecule has 6 aromatic rings. The molecule has 3 aliphatic rings. The van der Waals surface area contributed by atoms with E-state index in [2.05, 4.69) is 15.4 Å². The average Bonchev–Trinajstić information content (AvgIpc) is 3.94.